The van der Waals surface area contributed by atoms with Gasteiger partial charge < -0.3 is 4.74 Å². The second kappa shape index (κ2) is 8.26. The Morgan fingerprint density at radius 3 is 1.91 bits per heavy atom. The molecule has 6 rings (SSSR count). The first-order chi connectivity index (χ1) is 16.1. The number of carbonyl (C=O) groups excluding carboxylic acids is 1. The highest BCUT2D eigenvalue weighted by molar-refractivity contribution is 8.03. The van der Waals surface area contributed by atoms with E-state index in [1.54, 1.807) is 0 Å². The Bertz CT molecular complexity index is 1060. The minimum Gasteiger partial charge on any atom is -0.459 e. The molecule has 6 bridgehead atoms. The molecular weight excluding hydrogens is 518 g/mol. The quantitative estimate of drug-likeness (QED) is 0.348. The predicted octanol–water partition coefficient (Wildman–Crippen LogP) is 3.34. The van der Waals surface area contributed by atoms with Crippen molar-refractivity contribution in [1.29, 1.82) is 0 Å². The van der Waals surface area contributed by atoms with Crippen molar-refractivity contribution >= 4 is 26.3 Å². The summed E-state index contributed by atoms with van der Waals surface area (Å²) in [5.41, 5.74) is -1.00. The summed E-state index contributed by atoms with van der Waals surface area (Å²) in [6.07, 6.45) is 5.79. The van der Waals surface area contributed by atoms with E-state index in [-0.39, 0.29) is 29.6 Å². The molecule has 0 aromatic heterocycles. The summed E-state index contributed by atoms with van der Waals surface area (Å²) in [6.45, 7) is -2.19. The van der Waals surface area contributed by atoms with Crippen LogP contribution in [0.1, 0.15) is 64.2 Å². The third-order valence-corrected chi connectivity index (χ3v) is 11.9. The van der Waals surface area contributed by atoms with Crippen LogP contribution in [-0.2, 0) is 34.0 Å². The number of esters is 1. The number of hydrogen-bond donors (Lipinski definition) is 1. The highest BCUT2D eigenvalue weighted by Gasteiger charge is 2.68. The van der Waals surface area contributed by atoms with Gasteiger partial charge in [0.05, 0.1) is 11.5 Å². The molecular formula is C21H29F4NO7S2. The van der Waals surface area contributed by atoms with Crippen LogP contribution in [-0.4, -0.2) is 46.7 Å². The Labute approximate surface area is 201 Å². The summed E-state index contributed by atoms with van der Waals surface area (Å²) >= 11 is 0. The molecule has 1 N–H and O–H groups in total. The Balaban J connectivity index is 1.23. The third kappa shape index (κ3) is 4.50. The molecule has 3 atom stereocenters. The minimum absolute atomic E-state index is 0.162. The topological polar surface area (TPSA) is 116 Å². The lowest BCUT2D eigenvalue weighted by Gasteiger charge is -2.55. The first-order valence-electron chi connectivity index (χ1n) is 12.0. The molecule has 6 saturated carbocycles. The molecule has 200 valence electrons. The zero-order valence-corrected chi connectivity index (χ0v) is 20.6. The standard InChI is InChI=1S/C21H29F4NO7S2/c22-20(23,11-32-18(27)19-8-13-3-14(9-19)5-15(4-13)10-19)21(24,25)34(28,29)26-35(30,31)33-17-7-12-1-2-16(17)6-12/h12-17,26H,1-11H2. The second-order valence-electron chi connectivity index (χ2n) is 11.3. The van der Waals surface area contributed by atoms with Crippen molar-refractivity contribution < 1.29 is 48.1 Å². The van der Waals surface area contributed by atoms with E-state index >= 15 is 0 Å². The summed E-state index contributed by atoms with van der Waals surface area (Å²) < 4.78 is 116. The summed E-state index contributed by atoms with van der Waals surface area (Å²) in [5, 5.41) is -5.88. The van der Waals surface area contributed by atoms with Gasteiger partial charge in [-0.3, -0.25) is 8.98 Å². The van der Waals surface area contributed by atoms with E-state index in [0.29, 0.717) is 42.7 Å². The normalized spacial score (nSPS) is 38.7. The lowest BCUT2D eigenvalue weighted by molar-refractivity contribution is -0.206. The molecule has 8 nitrogen and oxygen atoms in total. The molecule has 0 aromatic rings. The van der Waals surface area contributed by atoms with Gasteiger partial charge in [-0.2, -0.15) is 26.0 Å². The fourth-order valence-corrected chi connectivity index (χ4v) is 10.3. The van der Waals surface area contributed by atoms with Gasteiger partial charge >= 0.3 is 27.5 Å². The smallest absolute Gasteiger partial charge is 0.425 e. The average molecular weight is 548 g/mol. The van der Waals surface area contributed by atoms with Gasteiger partial charge in [0.25, 0.3) is 10.0 Å². The van der Waals surface area contributed by atoms with Crippen molar-refractivity contribution in [2.24, 2.45) is 35.0 Å². The molecule has 0 amide bonds. The van der Waals surface area contributed by atoms with Gasteiger partial charge in [0, 0.05) is 0 Å². The largest absolute Gasteiger partial charge is 0.459 e. The van der Waals surface area contributed by atoms with Crippen LogP contribution in [0.5, 0.6) is 0 Å². The maximum atomic E-state index is 14.5. The van der Waals surface area contributed by atoms with E-state index < -0.39 is 55.6 Å². The Kier molecular flexibility index (Phi) is 6.05. The summed E-state index contributed by atoms with van der Waals surface area (Å²) in [5.74, 6) is -5.57. The van der Waals surface area contributed by atoms with Gasteiger partial charge in [0.15, 0.2) is 6.61 Å². The maximum Gasteiger partial charge on any atom is 0.425 e. The highest BCUT2D eigenvalue weighted by Crippen LogP contribution is 2.60. The van der Waals surface area contributed by atoms with E-state index in [4.69, 9.17) is 4.18 Å². The fraction of sp³-hybridized carbons (Fsp3) is 0.952. The second-order valence-corrected chi connectivity index (χ2v) is 14.6. The summed E-state index contributed by atoms with van der Waals surface area (Å²) in [6, 6.07) is 0. The van der Waals surface area contributed by atoms with Crippen LogP contribution in [0.3, 0.4) is 0 Å². The molecule has 0 saturated heterocycles. The van der Waals surface area contributed by atoms with Crippen LogP contribution >= 0.6 is 0 Å². The number of halogens is 4. The van der Waals surface area contributed by atoms with Crippen molar-refractivity contribution in [3.05, 3.63) is 0 Å². The monoisotopic (exact) mass is 547 g/mol. The third-order valence-electron chi connectivity index (χ3n) is 8.75. The molecule has 0 radical (unpaired) electrons. The molecule has 3 unspecified atom stereocenters. The van der Waals surface area contributed by atoms with Crippen molar-refractivity contribution in [3.63, 3.8) is 0 Å². The molecule has 0 aliphatic heterocycles. The van der Waals surface area contributed by atoms with Crippen molar-refractivity contribution in [1.82, 2.24) is 4.13 Å². The van der Waals surface area contributed by atoms with Crippen LogP contribution in [0.4, 0.5) is 17.6 Å². The first kappa shape index (κ1) is 25.7. The molecule has 14 heteroatoms. The zero-order chi connectivity index (χ0) is 25.4. The predicted molar refractivity (Wildman–Crippen MR) is 113 cm³/mol. The van der Waals surface area contributed by atoms with Crippen LogP contribution in [0.15, 0.2) is 0 Å². The van der Waals surface area contributed by atoms with Crippen LogP contribution in [0, 0.1) is 35.0 Å². The highest BCUT2D eigenvalue weighted by atomic mass is 32.3. The molecule has 35 heavy (non-hydrogen) atoms. The van der Waals surface area contributed by atoms with Crippen molar-refractivity contribution in [2.45, 2.75) is 81.5 Å². The fourth-order valence-electron chi connectivity index (χ4n) is 7.62. The average Bonchev–Trinajstić information content (AvgIpc) is 3.32. The van der Waals surface area contributed by atoms with Gasteiger partial charge in [0.1, 0.15) is 0 Å². The van der Waals surface area contributed by atoms with Gasteiger partial charge in [-0.25, -0.2) is 8.42 Å². The number of rotatable bonds is 9. The number of alkyl halides is 4. The zero-order valence-electron chi connectivity index (χ0n) is 18.9. The molecule has 6 aliphatic carbocycles. The summed E-state index contributed by atoms with van der Waals surface area (Å²) in [7, 11) is -11.8. The first-order valence-corrected chi connectivity index (χ1v) is 14.9. The van der Waals surface area contributed by atoms with Gasteiger partial charge in [-0.1, -0.05) is 4.13 Å². The lowest BCUT2D eigenvalue weighted by atomic mass is 9.49. The van der Waals surface area contributed by atoms with E-state index in [9.17, 15) is 39.2 Å². The van der Waals surface area contributed by atoms with Crippen LogP contribution in [0.25, 0.3) is 0 Å². The number of carbonyl (C=O) groups is 1. The van der Waals surface area contributed by atoms with Crippen LogP contribution in [0.2, 0.25) is 0 Å². The van der Waals surface area contributed by atoms with Gasteiger partial charge in [0.2, 0.25) is 0 Å². The molecule has 6 aliphatic rings. The number of sulfonamides is 1. The van der Waals surface area contributed by atoms with Crippen molar-refractivity contribution in [2.75, 3.05) is 6.61 Å². The van der Waals surface area contributed by atoms with E-state index in [1.807, 2.05) is 0 Å². The summed E-state index contributed by atoms with van der Waals surface area (Å²) in [4.78, 5) is 12.7. The number of fused-ring (bicyclic) bond motifs is 2. The van der Waals surface area contributed by atoms with Gasteiger partial charge in [-0.05, 0) is 93.8 Å². The number of nitrogens with one attached hydrogen (secondary N) is 1. The maximum absolute atomic E-state index is 14.5. The van der Waals surface area contributed by atoms with E-state index in [0.717, 1.165) is 25.7 Å². The molecule has 0 heterocycles. The van der Waals surface area contributed by atoms with Crippen LogP contribution < -0.4 is 4.13 Å². The Hall–Kier alpha value is -0.990. The van der Waals surface area contributed by atoms with E-state index in [1.165, 1.54) is 0 Å². The molecule has 0 aromatic carbocycles. The molecule has 0 spiro atoms. The number of hydrogen-bond acceptors (Lipinski definition) is 7. The Morgan fingerprint density at radius 2 is 1.43 bits per heavy atom. The van der Waals surface area contributed by atoms with Crippen molar-refractivity contribution in [3.8, 4) is 0 Å². The Morgan fingerprint density at radius 1 is 0.857 bits per heavy atom. The lowest BCUT2D eigenvalue weighted by Crippen LogP contribution is -2.56. The number of ether oxygens (including phenoxy) is 1. The van der Waals surface area contributed by atoms with Gasteiger partial charge in [-0.15, -0.1) is 0 Å². The van der Waals surface area contributed by atoms with E-state index in [2.05, 4.69) is 4.74 Å². The SMILES string of the molecule is O=C(OCC(F)(F)C(F)(F)S(=O)(=O)NS(=O)(=O)OC1CC2CCC1C2)C12CC3CC(CC(C3)C1)C2. The minimum atomic E-state index is -6.46. The molecule has 6 fully saturated rings.